The third-order valence-corrected chi connectivity index (χ3v) is 2.25. The van der Waals surface area contributed by atoms with E-state index in [9.17, 15) is 9.59 Å². The van der Waals surface area contributed by atoms with E-state index < -0.39 is 0 Å². The third-order valence-electron chi connectivity index (χ3n) is 2.25. The fourth-order valence-corrected chi connectivity index (χ4v) is 1.45. The molecule has 0 N–H and O–H groups in total. The number of hydrogen-bond acceptors (Lipinski definition) is 2. The lowest BCUT2D eigenvalue weighted by Gasteiger charge is -2.04. The number of carbonyl (C=O) groups is 2. The molecule has 0 saturated carbocycles. The monoisotopic (exact) mass is 228 g/mol. The van der Waals surface area contributed by atoms with Crippen molar-refractivity contribution < 1.29 is 9.59 Å². The molecule has 0 aromatic rings. The van der Waals surface area contributed by atoms with Gasteiger partial charge in [-0.2, -0.15) is 0 Å². The zero-order chi connectivity index (χ0) is 12.8. The second-order valence-corrected chi connectivity index (χ2v) is 4.76. The van der Waals surface area contributed by atoms with Gasteiger partial charge in [0.2, 0.25) is 0 Å². The molecule has 0 saturated heterocycles. The van der Waals surface area contributed by atoms with Crippen molar-refractivity contribution in [3.8, 4) is 0 Å². The maximum atomic E-state index is 10.0. The van der Waals surface area contributed by atoms with Crippen LogP contribution >= 0.6 is 0 Å². The van der Waals surface area contributed by atoms with E-state index in [2.05, 4.69) is 20.8 Å². The Kier molecular flexibility index (Phi) is 15.9. The van der Waals surface area contributed by atoms with Crippen molar-refractivity contribution in [3.05, 3.63) is 0 Å². The summed E-state index contributed by atoms with van der Waals surface area (Å²) in [5.74, 6) is 0.894. The zero-order valence-electron chi connectivity index (χ0n) is 11.4. The molecular weight excluding hydrogens is 200 g/mol. The summed E-state index contributed by atoms with van der Waals surface area (Å²) in [7, 11) is 0. The quantitative estimate of drug-likeness (QED) is 0.464. The number of carbonyl (C=O) groups excluding carboxylic acids is 2. The second-order valence-electron chi connectivity index (χ2n) is 4.76. The Balaban J connectivity index is 0. The third kappa shape index (κ3) is 19.0. The number of unbranched alkanes of at least 4 members (excludes halogenated alkanes) is 4. The number of hydrogen-bond donors (Lipinski definition) is 0. The SMILES string of the molecule is CC(C)CC(C)C=O.CCCCCCC=O. The molecule has 16 heavy (non-hydrogen) atoms. The van der Waals surface area contributed by atoms with Crippen LogP contribution in [-0.2, 0) is 9.59 Å². The first-order valence-corrected chi connectivity index (χ1v) is 6.47. The predicted octanol–water partition coefficient (Wildman–Crippen LogP) is 4.02. The van der Waals surface area contributed by atoms with Gasteiger partial charge in [-0.15, -0.1) is 0 Å². The van der Waals surface area contributed by atoms with Crippen molar-refractivity contribution in [2.75, 3.05) is 0 Å². The molecule has 0 fully saturated rings. The van der Waals surface area contributed by atoms with Crippen LogP contribution in [0.15, 0.2) is 0 Å². The normalized spacial score (nSPS) is 11.6. The summed E-state index contributed by atoms with van der Waals surface area (Å²) in [5, 5.41) is 0. The van der Waals surface area contributed by atoms with E-state index in [0.717, 1.165) is 31.8 Å². The van der Waals surface area contributed by atoms with Gasteiger partial charge in [-0.1, -0.05) is 47.0 Å². The van der Waals surface area contributed by atoms with Gasteiger partial charge in [0.25, 0.3) is 0 Å². The van der Waals surface area contributed by atoms with Crippen molar-refractivity contribution in [2.45, 2.75) is 66.2 Å². The van der Waals surface area contributed by atoms with Gasteiger partial charge in [-0.05, 0) is 18.8 Å². The number of aldehydes is 2. The smallest absolute Gasteiger partial charge is 0.122 e. The van der Waals surface area contributed by atoms with Crippen molar-refractivity contribution in [2.24, 2.45) is 11.8 Å². The van der Waals surface area contributed by atoms with Gasteiger partial charge in [-0.3, -0.25) is 0 Å². The topological polar surface area (TPSA) is 34.1 Å². The summed E-state index contributed by atoms with van der Waals surface area (Å²) >= 11 is 0. The molecular formula is C14H28O2. The Labute approximate surface area is 101 Å². The van der Waals surface area contributed by atoms with Crippen molar-refractivity contribution in [3.63, 3.8) is 0 Å². The van der Waals surface area contributed by atoms with Crippen molar-refractivity contribution >= 4 is 12.6 Å². The van der Waals surface area contributed by atoms with Crippen LogP contribution in [0, 0.1) is 11.8 Å². The highest BCUT2D eigenvalue weighted by molar-refractivity contribution is 5.52. The highest BCUT2D eigenvalue weighted by Crippen LogP contribution is 2.07. The molecule has 0 heterocycles. The van der Waals surface area contributed by atoms with Gasteiger partial charge in [0.05, 0.1) is 0 Å². The van der Waals surface area contributed by atoms with Crippen molar-refractivity contribution in [1.82, 2.24) is 0 Å². The molecule has 0 amide bonds. The summed E-state index contributed by atoms with van der Waals surface area (Å²) in [4.78, 5) is 19.8. The molecule has 0 radical (unpaired) electrons. The van der Waals surface area contributed by atoms with Gasteiger partial charge < -0.3 is 9.59 Å². The van der Waals surface area contributed by atoms with E-state index in [4.69, 9.17) is 0 Å². The second kappa shape index (κ2) is 14.3. The van der Waals surface area contributed by atoms with Gasteiger partial charge in [0.15, 0.2) is 0 Å². The van der Waals surface area contributed by atoms with Crippen LogP contribution in [0.2, 0.25) is 0 Å². The molecule has 2 heteroatoms. The van der Waals surface area contributed by atoms with Crippen LogP contribution in [0.4, 0.5) is 0 Å². The van der Waals surface area contributed by atoms with E-state index in [1.165, 1.54) is 19.3 Å². The van der Waals surface area contributed by atoms with Crippen LogP contribution in [-0.4, -0.2) is 12.6 Å². The fraction of sp³-hybridized carbons (Fsp3) is 0.857. The highest BCUT2D eigenvalue weighted by atomic mass is 16.1. The molecule has 0 aliphatic carbocycles. The van der Waals surface area contributed by atoms with E-state index in [-0.39, 0.29) is 5.92 Å². The molecule has 0 bridgehead atoms. The van der Waals surface area contributed by atoms with E-state index in [0.29, 0.717) is 5.92 Å². The molecule has 0 aromatic heterocycles. The minimum Gasteiger partial charge on any atom is -0.303 e. The molecule has 0 aromatic carbocycles. The molecule has 0 spiro atoms. The van der Waals surface area contributed by atoms with Gasteiger partial charge in [-0.25, -0.2) is 0 Å². The lowest BCUT2D eigenvalue weighted by Crippen LogP contribution is -1.99. The maximum absolute atomic E-state index is 10.0. The number of rotatable bonds is 8. The van der Waals surface area contributed by atoms with Crippen LogP contribution in [0.1, 0.15) is 66.2 Å². The first-order valence-electron chi connectivity index (χ1n) is 6.47. The Hall–Kier alpha value is -0.660. The lowest BCUT2D eigenvalue weighted by atomic mass is 10.0. The standard InChI is InChI=1S/2C7H14O/c1-6(2)4-7(3)5-8;1-2-3-4-5-6-7-8/h5-7H,4H2,1-3H3;7H,2-6H2,1H3. The molecule has 0 aliphatic heterocycles. The van der Waals surface area contributed by atoms with Crippen LogP contribution < -0.4 is 0 Å². The van der Waals surface area contributed by atoms with Gasteiger partial charge in [0, 0.05) is 12.3 Å². The summed E-state index contributed by atoms with van der Waals surface area (Å²) in [6.07, 6.45) is 8.60. The zero-order valence-corrected chi connectivity index (χ0v) is 11.4. The fourth-order valence-electron chi connectivity index (χ4n) is 1.45. The predicted molar refractivity (Wildman–Crippen MR) is 69.5 cm³/mol. The largest absolute Gasteiger partial charge is 0.303 e. The van der Waals surface area contributed by atoms with E-state index in [1.807, 2.05) is 6.92 Å². The van der Waals surface area contributed by atoms with Crippen molar-refractivity contribution in [1.29, 1.82) is 0 Å². The Morgan fingerprint density at radius 3 is 1.94 bits per heavy atom. The first-order chi connectivity index (χ1) is 7.58. The minimum absolute atomic E-state index is 0.245. The molecule has 1 unspecified atom stereocenters. The molecule has 0 aliphatic rings. The lowest BCUT2D eigenvalue weighted by molar-refractivity contribution is -0.111. The molecule has 1 atom stereocenters. The van der Waals surface area contributed by atoms with E-state index >= 15 is 0 Å². The highest BCUT2D eigenvalue weighted by Gasteiger charge is 2.00. The minimum atomic E-state index is 0.245. The summed E-state index contributed by atoms with van der Waals surface area (Å²) in [5.41, 5.74) is 0. The van der Waals surface area contributed by atoms with Gasteiger partial charge in [0.1, 0.15) is 12.6 Å². The summed E-state index contributed by atoms with van der Waals surface area (Å²) < 4.78 is 0. The van der Waals surface area contributed by atoms with Crippen LogP contribution in [0.25, 0.3) is 0 Å². The Morgan fingerprint density at radius 1 is 1.00 bits per heavy atom. The van der Waals surface area contributed by atoms with Gasteiger partial charge >= 0.3 is 0 Å². The maximum Gasteiger partial charge on any atom is 0.122 e. The Bertz CT molecular complexity index is 153. The summed E-state index contributed by atoms with van der Waals surface area (Å²) in [6, 6.07) is 0. The average Bonchev–Trinajstić information content (AvgIpc) is 2.24. The average molecular weight is 228 g/mol. The van der Waals surface area contributed by atoms with E-state index in [1.54, 1.807) is 0 Å². The molecule has 2 nitrogen and oxygen atoms in total. The summed E-state index contributed by atoms with van der Waals surface area (Å²) in [6.45, 7) is 8.37. The van der Waals surface area contributed by atoms with Crippen LogP contribution in [0.3, 0.4) is 0 Å². The molecule has 96 valence electrons. The Morgan fingerprint density at radius 2 is 1.62 bits per heavy atom. The van der Waals surface area contributed by atoms with Crippen LogP contribution in [0.5, 0.6) is 0 Å². The molecule has 0 rings (SSSR count). The first kappa shape index (κ1) is 17.7.